The Kier molecular flexibility index (Phi) is 1.44. The first kappa shape index (κ1) is 6.16. The summed E-state index contributed by atoms with van der Waals surface area (Å²) in [6, 6.07) is 0. The van der Waals surface area contributed by atoms with Crippen LogP contribution in [0.1, 0.15) is 6.42 Å². The van der Waals surface area contributed by atoms with E-state index in [1.165, 1.54) is 6.08 Å². The van der Waals surface area contributed by atoms with Crippen LogP contribution in [0.3, 0.4) is 0 Å². The van der Waals surface area contributed by atoms with E-state index in [4.69, 9.17) is 15.3 Å². The highest BCUT2D eigenvalue weighted by Gasteiger charge is 2.14. The Balaban J connectivity index is 2.83. The second-order valence-electron chi connectivity index (χ2n) is 1.92. The Bertz CT molecular complexity index is 169. The molecule has 1 unspecified atom stereocenters. The molecule has 0 radical (unpaired) electrons. The minimum atomic E-state index is -0.921. The van der Waals surface area contributed by atoms with Gasteiger partial charge in [0.2, 0.25) is 0 Å². The molecule has 3 N–H and O–H groups in total. The normalized spacial score (nSPS) is 27.0. The van der Waals surface area contributed by atoms with Crippen molar-refractivity contribution in [1.29, 1.82) is 0 Å². The summed E-state index contributed by atoms with van der Waals surface area (Å²) < 4.78 is 0. The zero-order valence-corrected chi connectivity index (χ0v) is 4.78. The first-order valence-electron chi connectivity index (χ1n) is 2.68. The Labute approximate surface area is 52.6 Å². The van der Waals surface area contributed by atoms with Crippen molar-refractivity contribution in [3.05, 3.63) is 23.7 Å². The van der Waals surface area contributed by atoms with Gasteiger partial charge in [-0.05, 0) is 12.5 Å². The lowest BCUT2D eigenvalue weighted by molar-refractivity contribution is 0.140. The van der Waals surface area contributed by atoms with Gasteiger partial charge in [-0.3, -0.25) is 0 Å². The SMILES string of the molecule is OC1=C(O)C(O)CC=C1. The van der Waals surface area contributed by atoms with Crippen molar-refractivity contribution >= 4 is 0 Å². The molecule has 0 bridgehead atoms. The fraction of sp³-hybridized carbons (Fsp3) is 0.333. The summed E-state index contributed by atoms with van der Waals surface area (Å²) in [7, 11) is 0. The molecule has 1 atom stereocenters. The first-order chi connectivity index (χ1) is 4.22. The highest BCUT2D eigenvalue weighted by Crippen LogP contribution is 2.14. The van der Waals surface area contributed by atoms with Gasteiger partial charge < -0.3 is 15.3 Å². The van der Waals surface area contributed by atoms with Crippen LogP contribution in [0.2, 0.25) is 0 Å². The molecule has 0 fully saturated rings. The van der Waals surface area contributed by atoms with Gasteiger partial charge in [0.1, 0.15) is 6.10 Å². The fourth-order valence-corrected chi connectivity index (χ4v) is 0.676. The lowest BCUT2D eigenvalue weighted by Gasteiger charge is -2.11. The Morgan fingerprint density at radius 3 is 2.56 bits per heavy atom. The van der Waals surface area contributed by atoms with Crippen molar-refractivity contribution < 1.29 is 15.3 Å². The van der Waals surface area contributed by atoms with Crippen molar-refractivity contribution in [2.24, 2.45) is 0 Å². The van der Waals surface area contributed by atoms with Crippen LogP contribution in [0.15, 0.2) is 23.7 Å². The summed E-state index contributed by atoms with van der Waals surface area (Å²) in [6.07, 6.45) is 2.41. The minimum absolute atomic E-state index is 0.242. The van der Waals surface area contributed by atoms with Crippen LogP contribution in [0.4, 0.5) is 0 Å². The maximum Gasteiger partial charge on any atom is 0.163 e. The minimum Gasteiger partial charge on any atom is -0.506 e. The van der Waals surface area contributed by atoms with Crippen molar-refractivity contribution in [3.8, 4) is 0 Å². The molecule has 0 aliphatic heterocycles. The quantitative estimate of drug-likeness (QED) is 0.448. The Morgan fingerprint density at radius 2 is 2.11 bits per heavy atom. The van der Waals surface area contributed by atoms with E-state index in [1.807, 2.05) is 0 Å². The molecular weight excluding hydrogens is 120 g/mol. The molecule has 9 heavy (non-hydrogen) atoms. The molecule has 1 aliphatic carbocycles. The molecule has 0 spiro atoms. The molecule has 3 heteroatoms. The van der Waals surface area contributed by atoms with Crippen LogP contribution in [0.5, 0.6) is 0 Å². The summed E-state index contributed by atoms with van der Waals surface area (Å²) in [6.45, 7) is 0. The number of hydrogen-bond acceptors (Lipinski definition) is 3. The number of aliphatic hydroxyl groups excluding tert-OH is 3. The van der Waals surface area contributed by atoms with Gasteiger partial charge in [-0.1, -0.05) is 6.08 Å². The molecule has 0 aromatic heterocycles. The van der Waals surface area contributed by atoms with Crippen LogP contribution >= 0.6 is 0 Å². The second kappa shape index (κ2) is 2.11. The van der Waals surface area contributed by atoms with Crippen molar-refractivity contribution in [1.82, 2.24) is 0 Å². The maximum atomic E-state index is 8.83. The van der Waals surface area contributed by atoms with Crippen LogP contribution in [-0.2, 0) is 0 Å². The number of aliphatic hydroxyl groups is 3. The van der Waals surface area contributed by atoms with Crippen molar-refractivity contribution in [3.63, 3.8) is 0 Å². The van der Waals surface area contributed by atoms with E-state index in [1.54, 1.807) is 6.08 Å². The van der Waals surface area contributed by atoms with E-state index in [0.717, 1.165) is 0 Å². The van der Waals surface area contributed by atoms with Gasteiger partial charge in [0.05, 0.1) is 0 Å². The van der Waals surface area contributed by atoms with Gasteiger partial charge in [0, 0.05) is 0 Å². The van der Waals surface area contributed by atoms with Crippen molar-refractivity contribution in [2.75, 3.05) is 0 Å². The molecule has 0 saturated carbocycles. The van der Waals surface area contributed by atoms with Gasteiger partial charge >= 0.3 is 0 Å². The lowest BCUT2D eigenvalue weighted by Crippen LogP contribution is -2.13. The molecule has 1 rings (SSSR count). The van der Waals surface area contributed by atoms with Gasteiger partial charge in [-0.15, -0.1) is 0 Å². The third kappa shape index (κ3) is 1.05. The molecule has 0 heterocycles. The van der Waals surface area contributed by atoms with Crippen LogP contribution in [-0.4, -0.2) is 21.4 Å². The summed E-state index contributed by atoms with van der Waals surface area (Å²) in [5.41, 5.74) is 0. The van der Waals surface area contributed by atoms with Gasteiger partial charge in [-0.2, -0.15) is 0 Å². The number of rotatable bonds is 0. The predicted molar refractivity (Wildman–Crippen MR) is 32.0 cm³/mol. The van der Waals surface area contributed by atoms with Gasteiger partial charge in [0.25, 0.3) is 0 Å². The Morgan fingerprint density at radius 1 is 1.44 bits per heavy atom. The summed E-state index contributed by atoms with van der Waals surface area (Å²) in [5.74, 6) is -0.578. The number of allylic oxidation sites excluding steroid dienone is 1. The van der Waals surface area contributed by atoms with Gasteiger partial charge in [-0.25, -0.2) is 0 Å². The zero-order valence-electron chi connectivity index (χ0n) is 4.78. The highest BCUT2D eigenvalue weighted by atomic mass is 16.3. The smallest absolute Gasteiger partial charge is 0.163 e. The molecule has 1 aliphatic rings. The van der Waals surface area contributed by atoms with E-state index >= 15 is 0 Å². The van der Waals surface area contributed by atoms with Crippen molar-refractivity contribution in [2.45, 2.75) is 12.5 Å². The topological polar surface area (TPSA) is 60.7 Å². The maximum absolute atomic E-state index is 8.83. The molecule has 0 amide bonds. The average molecular weight is 128 g/mol. The van der Waals surface area contributed by atoms with E-state index in [2.05, 4.69) is 0 Å². The molecule has 0 aromatic carbocycles. The van der Waals surface area contributed by atoms with Crippen LogP contribution in [0.25, 0.3) is 0 Å². The summed E-state index contributed by atoms with van der Waals surface area (Å²) >= 11 is 0. The monoisotopic (exact) mass is 128 g/mol. The van der Waals surface area contributed by atoms with Crippen LogP contribution in [0, 0.1) is 0 Å². The standard InChI is InChI=1S/C6H8O3/c7-4-2-1-3-5(8)6(4)9/h1-2,5,7-9H,3H2. The fourth-order valence-electron chi connectivity index (χ4n) is 0.676. The molecule has 3 nitrogen and oxygen atoms in total. The van der Waals surface area contributed by atoms with E-state index in [-0.39, 0.29) is 11.5 Å². The third-order valence-electron chi connectivity index (χ3n) is 1.21. The molecule has 0 aromatic rings. The molecular formula is C6H8O3. The summed E-state index contributed by atoms with van der Waals surface area (Å²) in [5, 5.41) is 26.3. The largest absolute Gasteiger partial charge is 0.506 e. The van der Waals surface area contributed by atoms with Gasteiger partial charge in [0.15, 0.2) is 11.5 Å². The Hall–Kier alpha value is -0.960. The highest BCUT2D eigenvalue weighted by molar-refractivity contribution is 5.21. The number of hydrogen-bond donors (Lipinski definition) is 3. The third-order valence-corrected chi connectivity index (χ3v) is 1.21. The average Bonchev–Trinajstić information content (AvgIpc) is 1.83. The first-order valence-corrected chi connectivity index (χ1v) is 2.68. The second-order valence-corrected chi connectivity index (χ2v) is 1.92. The van der Waals surface area contributed by atoms with E-state index < -0.39 is 6.10 Å². The lowest BCUT2D eigenvalue weighted by atomic mass is 10.1. The molecule has 50 valence electrons. The van der Waals surface area contributed by atoms with Crippen LogP contribution < -0.4 is 0 Å². The van der Waals surface area contributed by atoms with E-state index in [9.17, 15) is 0 Å². The zero-order chi connectivity index (χ0) is 6.85. The van der Waals surface area contributed by atoms with E-state index in [0.29, 0.717) is 6.42 Å². The predicted octanol–water partition coefficient (Wildman–Crippen LogP) is 0.635. The summed E-state index contributed by atoms with van der Waals surface area (Å²) in [4.78, 5) is 0. The molecule has 0 saturated heterocycles.